The number of allylic oxidation sites excluding steroid dienone is 4. The minimum absolute atomic E-state index is 0.00953. The van der Waals surface area contributed by atoms with Gasteiger partial charge in [-0.3, -0.25) is 4.79 Å². The summed E-state index contributed by atoms with van der Waals surface area (Å²) in [7, 11) is 0. The maximum absolute atomic E-state index is 14.4. The molecule has 1 amide bonds. The van der Waals surface area contributed by atoms with Crippen LogP contribution in [0.15, 0.2) is 29.0 Å². The van der Waals surface area contributed by atoms with Crippen LogP contribution in [0.3, 0.4) is 0 Å². The Hall–Kier alpha value is -1.80. The fourth-order valence-electron chi connectivity index (χ4n) is 5.13. The van der Waals surface area contributed by atoms with Gasteiger partial charge in [-0.15, -0.1) is 0 Å². The predicted molar refractivity (Wildman–Crippen MR) is 138 cm³/mol. The normalized spacial score (nSPS) is 25.8. The second kappa shape index (κ2) is 10.4. The number of nitrogens with one attached hydrogen (secondary N) is 1. The van der Waals surface area contributed by atoms with Crippen molar-refractivity contribution in [1.82, 2.24) is 20.2 Å². The van der Waals surface area contributed by atoms with E-state index in [1.165, 1.54) is 6.33 Å². The van der Waals surface area contributed by atoms with Crippen LogP contribution >= 0.6 is 15.9 Å². The molecule has 4 atom stereocenters. The Balaban J connectivity index is 1.45. The summed E-state index contributed by atoms with van der Waals surface area (Å²) in [5.74, 6) is 1.24. The van der Waals surface area contributed by atoms with Gasteiger partial charge in [0.05, 0.1) is 11.6 Å². The Morgan fingerprint density at radius 2 is 2.03 bits per heavy atom. The Morgan fingerprint density at radius 1 is 1.29 bits per heavy atom. The monoisotopic (exact) mass is 533 g/mol. The van der Waals surface area contributed by atoms with E-state index in [0.717, 1.165) is 28.7 Å². The number of aromatic nitrogens is 2. The van der Waals surface area contributed by atoms with Gasteiger partial charge in [-0.25, -0.2) is 14.4 Å². The second-order valence-electron chi connectivity index (χ2n) is 10.5. The Morgan fingerprint density at radius 3 is 2.68 bits per heavy atom. The molecule has 0 saturated carbocycles. The van der Waals surface area contributed by atoms with Gasteiger partial charge in [0.25, 0.3) is 0 Å². The van der Waals surface area contributed by atoms with E-state index in [1.807, 2.05) is 11.8 Å². The van der Waals surface area contributed by atoms with Crippen LogP contribution in [0.5, 0.6) is 0 Å². The van der Waals surface area contributed by atoms with Crippen molar-refractivity contribution in [3.63, 3.8) is 0 Å². The van der Waals surface area contributed by atoms with Crippen LogP contribution < -0.4 is 10.2 Å². The standard InChI is InChI=1S/C26H37BrFN5O/c1-5-26(3,4)31-15-20(18-6-8-19(27)9-7-18)25(34)33-12-10-32(11-13-33)24-22-17(2)14-21(28)23(22)29-16-30-24/h6,8-9,16-18,20-21,31H,5,7,10-15H2,1-4H3. The Bertz CT molecular complexity index is 957. The number of piperazine rings is 1. The van der Waals surface area contributed by atoms with E-state index < -0.39 is 6.17 Å². The lowest BCUT2D eigenvalue weighted by Gasteiger charge is -2.39. The number of alkyl halides is 1. The summed E-state index contributed by atoms with van der Waals surface area (Å²) in [6.07, 6.45) is 9.19. The van der Waals surface area contributed by atoms with Gasteiger partial charge >= 0.3 is 0 Å². The summed E-state index contributed by atoms with van der Waals surface area (Å²) in [6, 6.07) is 0. The molecule has 2 aliphatic carbocycles. The van der Waals surface area contributed by atoms with Crippen molar-refractivity contribution in [2.75, 3.05) is 37.6 Å². The van der Waals surface area contributed by atoms with Gasteiger partial charge in [0, 0.05) is 48.3 Å². The fourth-order valence-corrected chi connectivity index (χ4v) is 5.47. The first-order valence-corrected chi connectivity index (χ1v) is 13.3. The number of amides is 1. The summed E-state index contributed by atoms with van der Waals surface area (Å²) >= 11 is 3.54. The first kappa shape index (κ1) is 25.3. The van der Waals surface area contributed by atoms with Gasteiger partial charge in [0.1, 0.15) is 18.3 Å². The number of anilines is 1. The third-order valence-electron chi connectivity index (χ3n) is 7.74. The summed E-state index contributed by atoms with van der Waals surface area (Å²) in [6.45, 7) is 11.9. The molecule has 0 aromatic carbocycles. The zero-order valence-corrected chi connectivity index (χ0v) is 22.3. The van der Waals surface area contributed by atoms with Crippen LogP contribution in [0.4, 0.5) is 10.2 Å². The zero-order valence-electron chi connectivity index (χ0n) is 20.7. The topological polar surface area (TPSA) is 61.4 Å². The van der Waals surface area contributed by atoms with Crippen molar-refractivity contribution in [3.05, 3.63) is 40.3 Å². The second-order valence-corrected chi connectivity index (χ2v) is 11.4. The highest BCUT2D eigenvalue weighted by atomic mass is 79.9. The van der Waals surface area contributed by atoms with E-state index in [2.05, 4.69) is 75.1 Å². The molecule has 186 valence electrons. The van der Waals surface area contributed by atoms with E-state index in [1.54, 1.807) is 0 Å². The molecule has 6 nitrogen and oxygen atoms in total. The third kappa shape index (κ3) is 5.38. The number of nitrogens with zero attached hydrogens (tertiary/aromatic N) is 4. The van der Waals surface area contributed by atoms with Crippen LogP contribution in [-0.4, -0.2) is 59.0 Å². The van der Waals surface area contributed by atoms with Crippen molar-refractivity contribution in [1.29, 1.82) is 0 Å². The molecule has 1 N–H and O–H groups in total. The molecule has 1 aromatic heterocycles. The number of hydrogen-bond acceptors (Lipinski definition) is 5. The van der Waals surface area contributed by atoms with Crippen molar-refractivity contribution in [2.24, 2.45) is 11.8 Å². The summed E-state index contributed by atoms with van der Waals surface area (Å²) in [5, 5.41) is 3.63. The molecule has 1 fully saturated rings. The van der Waals surface area contributed by atoms with E-state index in [9.17, 15) is 9.18 Å². The maximum atomic E-state index is 14.4. The molecule has 4 rings (SSSR count). The van der Waals surface area contributed by atoms with Crippen LogP contribution in [0.1, 0.15) is 70.3 Å². The first-order chi connectivity index (χ1) is 16.2. The SMILES string of the molecule is CCC(C)(C)NCC(C(=O)N1CCN(c2ncnc3c2C(C)CC3F)CC1)C1C=CC(Br)=CC1. The van der Waals surface area contributed by atoms with Crippen LogP contribution in [0.25, 0.3) is 0 Å². The Kier molecular flexibility index (Phi) is 7.77. The molecular weight excluding hydrogens is 497 g/mol. The lowest BCUT2D eigenvalue weighted by Crippen LogP contribution is -2.54. The fraction of sp³-hybridized carbons (Fsp3) is 0.654. The van der Waals surface area contributed by atoms with Gasteiger partial charge in [0.15, 0.2) is 0 Å². The molecule has 1 aliphatic heterocycles. The largest absolute Gasteiger partial charge is 0.353 e. The molecule has 2 heterocycles. The molecule has 0 bridgehead atoms. The van der Waals surface area contributed by atoms with Crippen molar-refractivity contribution in [3.8, 4) is 0 Å². The molecule has 8 heteroatoms. The molecular formula is C26H37BrFN5O. The smallest absolute Gasteiger partial charge is 0.227 e. The Labute approximate surface area is 211 Å². The third-order valence-corrected chi connectivity index (χ3v) is 8.33. The molecule has 3 aliphatic rings. The number of hydrogen-bond donors (Lipinski definition) is 1. The first-order valence-electron chi connectivity index (χ1n) is 12.5. The summed E-state index contributed by atoms with van der Waals surface area (Å²) in [5.41, 5.74) is 1.48. The average Bonchev–Trinajstić information content (AvgIpc) is 3.13. The highest BCUT2D eigenvalue weighted by Crippen LogP contribution is 2.44. The lowest BCUT2D eigenvalue weighted by atomic mass is 9.84. The van der Waals surface area contributed by atoms with Gasteiger partial charge in [-0.2, -0.15) is 0 Å². The number of rotatable bonds is 7. The van der Waals surface area contributed by atoms with Crippen LogP contribution in [0, 0.1) is 11.8 Å². The van der Waals surface area contributed by atoms with Gasteiger partial charge < -0.3 is 15.1 Å². The van der Waals surface area contributed by atoms with Crippen LogP contribution in [0.2, 0.25) is 0 Å². The minimum atomic E-state index is -1.01. The molecule has 4 unspecified atom stereocenters. The van der Waals surface area contributed by atoms with Gasteiger partial charge in [-0.05, 0) is 44.9 Å². The number of carbonyl (C=O) groups excluding carboxylic acids is 1. The minimum Gasteiger partial charge on any atom is -0.353 e. The highest BCUT2D eigenvalue weighted by molar-refractivity contribution is 9.11. The molecule has 1 saturated heterocycles. The quantitative estimate of drug-likeness (QED) is 0.540. The summed E-state index contributed by atoms with van der Waals surface area (Å²) in [4.78, 5) is 26.7. The van der Waals surface area contributed by atoms with E-state index >= 15 is 0 Å². The number of halogens is 2. The van der Waals surface area contributed by atoms with Gasteiger partial charge in [0.2, 0.25) is 5.91 Å². The average molecular weight is 535 g/mol. The highest BCUT2D eigenvalue weighted by Gasteiger charge is 2.37. The van der Waals surface area contributed by atoms with Crippen molar-refractivity contribution < 1.29 is 9.18 Å². The molecule has 0 spiro atoms. The van der Waals surface area contributed by atoms with E-state index in [-0.39, 0.29) is 29.2 Å². The lowest BCUT2D eigenvalue weighted by molar-refractivity contribution is -0.137. The van der Waals surface area contributed by atoms with E-state index in [0.29, 0.717) is 44.8 Å². The predicted octanol–water partition coefficient (Wildman–Crippen LogP) is 4.89. The van der Waals surface area contributed by atoms with Crippen LogP contribution in [-0.2, 0) is 4.79 Å². The molecule has 34 heavy (non-hydrogen) atoms. The van der Waals surface area contributed by atoms with Gasteiger partial charge in [-0.1, -0.05) is 48.0 Å². The number of fused-ring (bicyclic) bond motifs is 1. The number of carbonyl (C=O) groups is 1. The van der Waals surface area contributed by atoms with E-state index in [4.69, 9.17) is 0 Å². The maximum Gasteiger partial charge on any atom is 0.227 e. The summed E-state index contributed by atoms with van der Waals surface area (Å²) < 4.78 is 15.5. The zero-order chi connectivity index (χ0) is 24.5. The molecule has 1 aromatic rings. The molecule has 0 radical (unpaired) electrons. The van der Waals surface area contributed by atoms with Crippen molar-refractivity contribution in [2.45, 2.75) is 64.6 Å². The van der Waals surface area contributed by atoms with Crippen molar-refractivity contribution >= 4 is 27.7 Å².